The van der Waals surface area contributed by atoms with Crippen LogP contribution < -0.4 is 0 Å². The summed E-state index contributed by atoms with van der Waals surface area (Å²) in [5.74, 6) is -1.52. The number of pyridine rings is 1. The lowest BCUT2D eigenvalue weighted by Gasteiger charge is -2.24. The smallest absolute Gasteiger partial charge is 0.296 e. The topological polar surface area (TPSA) is 70.5 Å². The van der Waals surface area contributed by atoms with E-state index in [2.05, 4.69) is 20.9 Å². The number of halogens is 1. The molecule has 0 spiro atoms. The second-order valence-electron chi connectivity index (χ2n) is 6.72. The van der Waals surface area contributed by atoms with Crippen LogP contribution in [-0.4, -0.2) is 26.7 Å². The summed E-state index contributed by atoms with van der Waals surface area (Å²) in [4.78, 5) is 32.6. The molecule has 0 radical (unpaired) electrons. The van der Waals surface area contributed by atoms with Crippen LogP contribution in [0.1, 0.15) is 27.7 Å². The molecule has 4 rings (SSSR count). The molecule has 7 heteroatoms. The Morgan fingerprint density at radius 2 is 2.03 bits per heavy atom. The number of rotatable bonds is 4. The summed E-state index contributed by atoms with van der Waals surface area (Å²) in [7, 11) is 0. The van der Waals surface area contributed by atoms with E-state index in [-0.39, 0.29) is 17.9 Å². The third-order valence-corrected chi connectivity index (χ3v) is 6.60. The van der Waals surface area contributed by atoms with Crippen molar-refractivity contribution in [2.45, 2.75) is 19.5 Å². The molecule has 3 aromatic rings. The highest BCUT2D eigenvalue weighted by Gasteiger charge is 2.46. The van der Waals surface area contributed by atoms with E-state index in [0.29, 0.717) is 11.3 Å². The second-order valence-corrected chi connectivity index (χ2v) is 8.61. The highest BCUT2D eigenvalue weighted by molar-refractivity contribution is 9.10. The molecule has 1 fully saturated rings. The Bertz CT molecular complexity index is 1110. The molecule has 0 bridgehead atoms. The summed E-state index contributed by atoms with van der Waals surface area (Å²) in [5, 5.41) is 13.0. The number of aliphatic hydroxyl groups excluding tert-OH is 1. The number of Topliss-reactive ketones (excluding diaryl/α,β-unsaturated/α-hetero) is 1. The summed E-state index contributed by atoms with van der Waals surface area (Å²) < 4.78 is 0.897. The van der Waals surface area contributed by atoms with E-state index in [1.807, 2.05) is 30.5 Å². The molecule has 1 aliphatic rings. The highest BCUT2D eigenvalue weighted by atomic mass is 79.9. The Balaban J connectivity index is 1.87. The zero-order valence-corrected chi connectivity index (χ0v) is 17.9. The summed E-state index contributed by atoms with van der Waals surface area (Å²) in [6, 6.07) is 13.7. The second kappa shape index (κ2) is 7.93. The van der Waals surface area contributed by atoms with Crippen molar-refractivity contribution in [3.05, 3.63) is 91.9 Å². The highest BCUT2D eigenvalue weighted by Crippen LogP contribution is 2.40. The lowest BCUT2D eigenvalue weighted by atomic mass is 9.97. The number of hydrogen-bond acceptors (Lipinski definition) is 5. The summed E-state index contributed by atoms with van der Waals surface area (Å²) in [6.45, 7) is 2.17. The van der Waals surface area contributed by atoms with Gasteiger partial charge >= 0.3 is 0 Å². The number of aliphatic hydroxyl groups is 1. The molecule has 1 amide bonds. The average Bonchev–Trinajstić information content (AvgIpc) is 3.32. The molecule has 1 unspecified atom stereocenters. The summed E-state index contributed by atoms with van der Waals surface area (Å²) in [6.07, 6.45) is 1.62. The first-order valence-corrected chi connectivity index (χ1v) is 10.6. The van der Waals surface area contributed by atoms with Gasteiger partial charge in [0.2, 0.25) is 0 Å². The summed E-state index contributed by atoms with van der Waals surface area (Å²) >= 11 is 4.95. The number of carbonyl (C=O) groups excluding carboxylic acids is 2. The number of carbonyl (C=O) groups is 2. The first kappa shape index (κ1) is 19.5. The molecule has 1 aliphatic heterocycles. The SMILES string of the molecule is Cc1cc(/C(O)=C2/C(=O)C(=O)N(Cc3cccs3)C2c2ccccn2)ccc1Br. The predicted octanol–water partition coefficient (Wildman–Crippen LogP) is 4.84. The van der Waals surface area contributed by atoms with E-state index < -0.39 is 17.7 Å². The van der Waals surface area contributed by atoms with Gasteiger partial charge < -0.3 is 10.0 Å². The van der Waals surface area contributed by atoms with Gasteiger partial charge in [-0.3, -0.25) is 14.6 Å². The zero-order chi connectivity index (χ0) is 20.5. The molecule has 5 nitrogen and oxygen atoms in total. The molecule has 3 heterocycles. The molecule has 1 N–H and O–H groups in total. The first-order valence-electron chi connectivity index (χ1n) is 8.95. The molecule has 0 saturated carbocycles. The van der Waals surface area contributed by atoms with Crippen molar-refractivity contribution in [3.8, 4) is 0 Å². The maximum Gasteiger partial charge on any atom is 0.296 e. The zero-order valence-electron chi connectivity index (χ0n) is 15.5. The maximum atomic E-state index is 13.0. The van der Waals surface area contributed by atoms with Gasteiger partial charge in [0.25, 0.3) is 11.7 Å². The Hall–Kier alpha value is -2.77. The van der Waals surface area contributed by atoms with Gasteiger partial charge in [0.15, 0.2) is 0 Å². The number of aromatic nitrogens is 1. The fraction of sp³-hybridized carbons (Fsp3) is 0.136. The Morgan fingerprint density at radius 3 is 2.69 bits per heavy atom. The monoisotopic (exact) mass is 468 g/mol. The van der Waals surface area contributed by atoms with Crippen LogP contribution >= 0.6 is 27.3 Å². The van der Waals surface area contributed by atoms with Crippen LogP contribution in [0.5, 0.6) is 0 Å². The van der Waals surface area contributed by atoms with Gasteiger partial charge in [-0.1, -0.05) is 34.1 Å². The van der Waals surface area contributed by atoms with Crippen LogP contribution in [0.15, 0.2) is 70.2 Å². The standard InChI is InChI=1S/C22H17BrN2O3S/c1-13-11-14(7-8-16(13)23)20(26)18-19(17-6-2-3-9-24-17)25(22(28)21(18)27)12-15-5-4-10-29-15/h2-11,19,26H,12H2,1H3/b20-18-. The lowest BCUT2D eigenvalue weighted by Crippen LogP contribution is -2.29. The Morgan fingerprint density at radius 1 is 1.21 bits per heavy atom. The third kappa shape index (κ3) is 3.63. The van der Waals surface area contributed by atoms with Crippen molar-refractivity contribution < 1.29 is 14.7 Å². The van der Waals surface area contributed by atoms with Crippen LogP contribution in [0.25, 0.3) is 5.76 Å². The van der Waals surface area contributed by atoms with Gasteiger partial charge in [0, 0.05) is 21.1 Å². The number of nitrogens with zero attached hydrogens (tertiary/aromatic N) is 2. The van der Waals surface area contributed by atoms with Gasteiger partial charge in [0.1, 0.15) is 11.8 Å². The Kier molecular flexibility index (Phi) is 5.34. The number of likely N-dealkylation sites (tertiary alicyclic amines) is 1. The normalized spacial score (nSPS) is 18.4. The van der Waals surface area contributed by atoms with E-state index in [0.717, 1.165) is 14.9 Å². The van der Waals surface area contributed by atoms with E-state index in [1.165, 1.54) is 16.2 Å². The molecular weight excluding hydrogens is 452 g/mol. The van der Waals surface area contributed by atoms with Crippen LogP contribution in [0, 0.1) is 6.92 Å². The fourth-order valence-corrected chi connectivity index (χ4v) is 4.36. The van der Waals surface area contributed by atoms with E-state index >= 15 is 0 Å². The van der Waals surface area contributed by atoms with Gasteiger partial charge in [-0.2, -0.15) is 0 Å². The number of hydrogen-bond donors (Lipinski definition) is 1. The van der Waals surface area contributed by atoms with Crippen LogP contribution in [0.4, 0.5) is 0 Å². The Labute approximate surface area is 180 Å². The minimum absolute atomic E-state index is 0.0620. The van der Waals surface area contributed by atoms with Gasteiger partial charge in [-0.15, -0.1) is 11.3 Å². The largest absolute Gasteiger partial charge is 0.507 e. The minimum Gasteiger partial charge on any atom is -0.507 e. The molecule has 1 saturated heterocycles. The number of ketones is 1. The van der Waals surface area contributed by atoms with Crippen molar-refractivity contribution >= 4 is 44.7 Å². The minimum atomic E-state index is -0.748. The molecule has 2 aromatic heterocycles. The van der Waals surface area contributed by atoms with Crippen molar-refractivity contribution in [1.82, 2.24) is 9.88 Å². The molecule has 1 atom stereocenters. The van der Waals surface area contributed by atoms with Crippen LogP contribution in [0.2, 0.25) is 0 Å². The van der Waals surface area contributed by atoms with E-state index in [4.69, 9.17) is 0 Å². The molecule has 29 heavy (non-hydrogen) atoms. The van der Waals surface area contributed by atoms with Gasteiger partial charge in [0.05, 0.1) is 17.8 Å². The predicted molar refractivity (Wildman–Crippen MR) is 115 cm³/mol. The van der Waals surface area contributed by atoms with Crippen LogP contribution in [-0.2, 0) is 16.1 Å². The van der Waals surface area contributed by atoms with Crippen LogP contribution in [0.3, 0.4) is 0 Å². The van der Waals surface area contributed by atoms with Crippen molar-refractivity contribution in [2.24, 2.45) is 0 Å². The van der Waals surface area contributed by atoms with E-state index in [9.17, 15) is 14.7 Å². The molecule has 0 aliphatic carbocycles. The third-order valence-electron chi connectivity index (χ3n) is 4.85. The molecular formula is C22H17BrN2O3S. The number of amides is 1. The molecule has 146 valence electrons. The van der Waals surface area contributed by atoms with Crippen molar-refractivity contribution in [1.29, 1.82) is 0 Å². The van der Waals surface area contributed by atoms with Crippen molar-refractivity contribution in [2.75, 3.05) is 0 Å². The van der Waals surface area contributed by atoms with Crippen molar-refractivity contribution in [3.63, 3.8) is 0 Å². The fourth-order valence-electron chi connectivity index (χ4n) is 3.41. The maximum absolute atomic E-state index is 13.0. The molecule has 1 aromatic carbocycles. The van der Waals surface area contributed by atoms with E-state index in [1.54, 1.807) is 36.5 Å². The lowest BCUT2D eigenvalue weighted by molar-refractivity contribution is -0.140. The number of thiophene rings is 1. The first-order chi connectivity index (χ1) is 14.0. The van der Waals surface area contributed by atoms with Gasteiger partial charge in [-0.25, -0.2) is 0 Å². The quantitative estimate of drug-likeness (QED) is 0.338. The number of benzene rings is 1. The average molecular weight is 469 g/mol. The summed E-state index contributed by atoms with van der Waals surface area (Å²) in [5.41, 5.74) is 2.00. The van der Waals surface area contributed by atoms with Gasteiger partial charge in [-0.05, 0) is 48.2 Å². The number of aryl methyl sites for hydroxylation is 1.